The molecule has 5 amide bonds. The number of hydrogen-bond acceptors (Lipinski definition) is 7. The molecular formula is C32H43N5O7. The number of rotatable bonds is 7. The molecule has 1 aliphatic heterocycles. The Bertz CT molecular complexity index is 1300. The van der Waals surface area contributed by atoms with Gasteiger partial charge in [0.25, 0.3) is 5.91 Å². The molecule has 0 bridgehead atoms. The third-order valence-corrected chi connectivity index (χ3v) is 7.13. The third-order valence-electron chi connectivity index (χ3n) is 7.13. The van der Waals surface area contributed by atoms with Gasteiger partial charge in [0.15, 0.2) is 0 Å². The van der Waals surface area contributed by atoms with Crippen LogP contribution in [-0.4, -0.2) is 78.1 Å². The Morgan fingerprint density at radius 2 is 1.57 bits per heavy atom. The average Bonchev–Trinajstić information content (AvgIpc) is 2.99. The highest BCUT2D eigenvalue weighted by atomic mass is 16.5. The monoisotopic (exact) mass is 609 g/mol. The molecule has 0 aromatic heterocycles. The van der Waals surface area contributed by atoms with E-state index in [4.69, 9.17) is 4.74 Å². The second kappa shape index (κ2) is 16.4. The fourth-order valence-corrected chi connectivity index (χ4v) is 4.69. The van der Waals surface area contributed by atoms with Crippen molar-refractivity contribution in [1.82, 2.24) is 26.6 Å². The molecule has 0 fully saturated rings. The van der Waals surface area contributed by atoms with Crippen molar-refractivity contribution in [1.29, 1.82) is 0 Å². The number of ether oxygens (including phenoxy) is 1. The first kappa shape index (κ1) is 34.0. The number of carbonyl (C=O) groups excluding carboxylic acids is 5. The minimum absolute atomic E-state index is 0.0104. The van der Waals surface area contributed by atoms with E-state index < -0.39 is 66.2 Å². The van der Waals surface area contributed by atoms with Crippen LogP contribution in [0.2, 0.25) is 0 Å². The smallest absolute Gasteiger partial charge is 0.255 e. The van der Waals surface area contributed by atoms with Gasteiger partial charge in [-0.3, -0.25) is 24.0 Å². The number of fused-ring (bicyclic) bond motifs is 1. The minimum Gasteiger partial charge on any atom is -0.491 e. The molecule has 0 saturated carbocycles. The van der Waals surface area contributed by atoms with Crippen LogP contribution in [0.15, 0.2) is 54.6 Å². The molecule has 12 nitrogen and oxygen atoms in total. The summed E-state index contributed by atoms with van der Waals surface area (Å²) in [5.74, 6) is -3.33. The molecule has 238 valence electrons. The van der Waals surface area contributed by atoms with E-state index in [0.717, 1.165) is 12.0 Å². The molecular weight excluding hydrogens is 566 g/mol. The predicted molar refractivity (Wildman–Crippen MR) is 164 cm³/mol. The fourth-order valence-electron chi connectivity index (χ4n) is 4.69. The SMILES string of the molecule is CC(C)[C@H]1NC(=O)[C@H]([C@@H](C)O)NC(=O)C[C@@H](C(=O)NCCCc2ccccc2)NC(=O)c2ccccc2OC[C@H](C)NC1=O. The quantitative estimate of drug-likeness (QED) is 0.252. The zero-order chi connectivity index (χ0) is 32.2. The van der Waals surface area contributed by atoms with Gasteiger partial charge < -0.3 is 36.4 Å². The molecule has 0 aliphatic carbocycles. The Morgan fingerprint density at radius 1 is 0.909 bits per heavy atom. The minimum atomic E-state index is -1.42. The molecule has 3 rings (SSSR count). The van der Waals surface area contributed by atoms with Crippen molar-refractivity contribution < 1.29 is 33.8 Å². The molecule has 0 spiro atoms. The maximum absolute atomic E-state index is 13.4. The molecule has 1 heterocycles. The van der Waals surface area contributed by atoms with Crippen LogP contribution in [0.5, 0.6) is 5.75 Å². The van der Waals surface area contributed by atoms with Gasteiger partial charge in [0, 0.05) is 6.54 Å². The summed E-state index contributed by atoms with van der Waals surface area (Å²) < 4.78 is 5.87. The summed E-state index contributed by atoms with van der Waals surface area (Å²) in [6.45, 7) is 6.85. The number of nitrogens with one attached hydrogen (secondary N) is 5. The van der Waals surface area contributed by atoms with Gasteiger partial charge in [-0.2, -0.15) is 0 Å². The van der Waals surface area contributed by atoms with Crippen LogP contribution in [0.4, 0.5) is 0 Å². The second-order valence-electron chi connectivity index (χ2n) is 11.3. The molecule has 6 N–H and O–H groups in total. The van der Waals surface area contributed by atoms with Gasteiger partial charge in [-0.15, -0.1) is 0 Å². The van der Waals surface area contributed by atoms with Crippen molar-refractivity contribution in [3.05, 3.63) is 65.7 Å². The van der Waals surface area contributed by atoms with Gasteiger partial charge >= 0.3 is 0 Å². The number of hydrogen-bond donors (Lipinski definition) is 6. The Labute approximate surface area is 257 Å². The molecule has 5 atom stereocenters. The van der Waals surface area contributed by atoms with Crippen molar-refractivity contribution in [3.8, 4) is 5.75 Å². The Balaban J connectivity index is 1.86. The van der Waals surface area contributed by atoms with Crippen molar-refractivity contribution in [2.75, 3.05) is 13.2 Å². The van der Waals surface area contributed by atoms with E-state index >= 15 is 0 Å². The summed E-state index contributed by atoms with van der Waals surface area (Å²) in [6.07, 6.45) is -0.482. The molecule has 1 aliphatic rings. The number of aliphatic hydroxyl groups is 1. The molecule has 0 radical (unpaired) electrons. The number of benzene rings is 2. The van der Waals surface area contributed by atoms with E-state index in [-0.39, 0.29) is 23.8 Å². The highest BCUT2D eigenvalue weighted by Gasteiger charge is 2.33. The Hall–Kier alpha value is -4.45. The summed E-state index contributed by atoms with van der Waals surface area (Å²) >= 11 is 0. The first-order chi connectivity index (χ1) is 21.0. The van der Waals surface area contributed by atoms with Crippen LogP contribution >= 0.6 is 0 Å². The standard InChI is InChI=1S/C32H43N5O7/c1-19(2)27-31(42)34-20(3)18-44-25-15-9-8-14-23(25)29(40)35-24(17-26(39)36-28(21(4)38)32(43)37-27)30(41)33-16-10-13-22-11-6-5-7-12-22/h5-9,11-12,14-15,19-21,24,27-28,38H,10,13,16-18H2,1-4H3,(H,33,41)(H,34,42)(H,35,40)(H,36,39)(H,37,43)/t20-,21+,24-,27+,28-/m0/s1. The Morgan fingerprint density at radius 3 is 2.25 bits per heavy atom. The first-order valence-corrected chi connectivity index (χ1v) is 14.9. The number of aryl methyl sites for hydroxylation is 1. The van der Waals surface area contributed by atoms with Gasteiger partial charge in [-0.05, 0) is 50.3 Å². The van der Waals surface area contributed by atoms with Gasteiger partial charge in [0.1, 0.15) is 30.5 Å². The molecule has 44 heavy (non-hydrogen) atoms. The molecule has 2 aromatic rings. The van der Waals surface area contributed by atoms with Crippen LogP contribution in [0.25, 0.3) is 0 Å². The zero-order valence-corrected chi connectivity index (χ0v) is 25.6. The van der Waals surface area contributed by atoms with Crippen molar-refractivity contribution >= 4 is 29.5 Å². The average molecular weight is 610 g/mol. The van der Waals surface area contributed by atoms with E-state index in [1.165, 1.54) is 13.0 Å². The van der Waals surface area contributed by atoms with Crippen LogP contribution in [0.1, 0.15) is 56.5 Å². The van der Waals surface area contributed by atoms with Crippen molar-refractivity contribution in [3.63, 3.8) is 0 Å². The van der Waals surface area contributed by atoms with Gasteiger partial charge in [0.2, 0.25) is 23.6 Å². The van der Waals surface area contributed by atoms with Gasteiger partial charge in [-0.25, -0.2) is 0 Å². The van der Waals surface area contributed by atoms with Gasteiger partial charge in [-0.1, -0.05) is 56.3 Å². The highest BCUT2D eigenvalue weighted by molar-refractivity contribution is 6.01. The van der Waals surface area contributed by atoms with Gasteiger partial charge in [0.05, 0.1) is 24.1 Å². The normalized spacial score (nSPS) is 22.7. The van der Waals surface area contributed by atoms with Crippen LogP contribution in [0, 0.1) is 5.92 Å². The molecule has 2 aromatic carbocycles. The van der Waals surface area contributed by atoms with E-state index in [9.17, 15) is 29.1 Å². The third kappa shape index (κ3) is 10.1. The summed E-state index contributed by atoms with van der Waals surface area (Å²) in [4.78, 5) is 66.0. The van der Waals surface area contributed by atoms with Crippen LogP contribution < -0.4 is 31.3 Å². The summed E-state index contributed by atoms with van der Waals surface area (Å²) in [5, 5.41) is 23.6. The fraction of sp³-hybridized carbons (Fsp3) is 0.469. The first-order valence-electron chi connectivity index (χ1n) is 14.9. The number of amides is 5. The van der Waals surface area contributed by atoms with Crippen molar-refractivity contribution in [2.24, 2.45) is 5.92 Å². The Kier molecular flexibility index (Phi) is 12.7. The lowest BCUT2D eigenvalue weighted by molar-refractivity contribution is -0.135. The number of aliphatic hydroxyl groups excluding tert-OH is 1. The van der Waals surface area contributed by atoms with E-state index in [0.29, 0.717) is 13.0 Å². The number of para-hydroxylation sites is 1. The molecule has 0 unspecified atom stereocenters. The van der Waals surface area contributed by atoms with Crippen LogP contribution in [0.3, 0.4) is 0 Å². The summed E-state index contributed by atoms with van der Waals surface area (Å²) in [5.41, 5.74) is 1.25. The van der Waals surface area contributed by atoms with E-state index in [2.05, 4.69) is 26.6 Å². The molecule has 0 saturated heterocycles. The topological polar surface area (TPSA) is 175 Å². The summed E-state index contributed by atoms with van der Waals surface area (Å²) in [7, 11) is 0. The largest absolute Gasteiger partial charge is 0.491 e. The predicted octanol–water partition coefficient (Wildman–Crippen LogP) is 0.828. The maximum atomic E-state index is 13.4. The van der Waals surface area contributed by atoms with Crippen molar-refractivity contribution in [2.45, 2.75) is 77.2 Å². The van der Waals surface area contributed by atoms with Crippen LogP contribution in [-0.2, 0) is 25.6 Å². The lowest BCUT2D eigenvalue weighted by atomic mass is 10.0. The van der Waals surface area contributed by atoms with E-state index in [1.807, 2.05) is 30.3 Å². The molecule has 12 heteroatoms. The lowest BCUT2D eigenvalue weighted by Gasteiger charge is -2.27. The van der Waals surface area contributed by atoms with E-state index in [1.54, 1.807) is 39.0 Å². The lowest BCUT2D eigenvalue weighted by Crippen LogP contribution is -2.59. The number of carbonyl (C=O) groups is 5. The highest BCUT2D eigenvalue weighted by Crippen LogP contribution is 2.19. The second-order valence-corrected chi connectivity index (χ2v) is 11.3. The maximum Gasteiger partial charge on any atom is 0.255 e. The zero-order valence-electron chi connectivity index (χ0n) is 25.6. The summed E-state index contributed by atoms with van der Waals surface area (Å²) in [6, 6.07) is 12.0.